The lowest BCUT2D eigenvalue weighted by Gasteiger charge is -1.95. The van der Waals surface area contributed by atoms with Crippen molar-refractivity contribution in [2.75, 3.05) is 0 Å². The standard InChI is InChI=1S/C8H9NO2.CH5N3/c1-2-6-3-4-7(8(10)11)9-5-6;2-1(3)4/h3-5H,2H2,1H3,(H,10,11);(H5,2,3,4). The van der Waals surface area contributed by atoms with Crippen LogP contribution in [-0.2, 0) is 6.42 Å². The number of aromatic carboxylic acids is 1. The number of nitrogens with one attached hydrogen (secondary N) is 1. The van der Waals surface area contributed by atoms with Gasteiger partial charge in [0, 0.05) is 6.20 Å². The summed E-state index contributed by atoms with van der Waals surface area (Å²) in [5, 5.41) is 14.5. The van der Waals surface area contributed by atoms with Gasteiger partial charge in [-0.1, -0.05) is 13.0 Å². The van der Waals surface area contributed by atoms with Gasteiger partial charge in [-0.25, -0.2) is 9.78 Å². The van der Waals surface area contributed by atoms with E-state index in [-0.39, 0.29) is 11.7 Å². The molecule has 0 fully saturated rings. The SMILES string of the molecule is CCc1ccc(C(=O)O)nc1.N=C(N)N. The first kappa shape index (κ1) is 12.9. The second-order valence-corrected chi connectivity index (χ2v) is 2.67. The number of carboxylic acids is 1. The van der Waals surface area contributed by atoms with Crippen LogP contribution in [-0.4, -0.2) is 22.0 Å². The number of aryl methyl sites for hydroxylation is 1. The minimum Gasteiger partial charge on any atom is -0.477 e. The molecule has 0 atom stereocenters. The molecule has 1 aromatic heterocycles. The summed E-state index contributed by atoms with van der Waals surface area (Å²) in [6.07, 6.45) is 2.47. The van der Waals surface area contributed by atoms with Crippen molar-refractivity contribution >= 4 is 11.9 Å². The number of nitrogens with zero attached hydrogens (tertiary/aromatic N) is 1. The van der Waals surface area contributed by atoms with Crippen molar-refractivity contribution < 1.29 is 9.90 Å². The van der Waals surface area contributed by atoms with Crippen LogP contribution in [0.3, 0.4) is 0 Å². The molecule has 0 bridgehead atoms. The number of carboxylic acid groups (broad SMARTS) is 1. The second-order valence-electron chi connectivity index (χ2n) is 2.67. The van der Waals surface area contributed by atoms with Gasteiger partial charge in [-0.15, -0.1) is 0 Å². The molecule has 15 heavy (non-hydrogen) atoms. The molecule has 0 amide bonds. The van der Waals surface area contributed by atoms with Crippen LogP contribution in [0.15, 0.2) is 18.3 Å². The van der Waals surface area contributed by atoms with Gasteiger partial charge in [0.25, 0.3) is 0 Å². The van der Waals surface area contributed by atoms with Crippen LogP contribution in [0.2, 0.25) is 0 Å². The average molecular weight is 210 g/mol. The van der Waals surface area contributed by atoms with Crippen LogP contribution < -0.4 is 11.5 Å². The van der Waals surface area contributed by atoms with Gasteiger partial charge in [0.15, 0.2) is 5.96 Å². The Bertz CT molecular complexity index is 330. The maximum atomic E-state index is 10.3. The number of rotatable bonds is 2. The Balaban J connectivity index is 0.000000423. The highest BCUT2D eigenvalue weighted by Gasteiger charge is 2.01. The number of hydrogen-bond acceptors (Lipinski definition) is 3. The van der Waals surface area contributed by atoms with E-state index in [9.17, 15) is 4.79 Å². The van der Waals surface area contributed by atoms with E-state index in [0.717, 1.165) is 12.0 Å². The van der Waals surface area contributed by atoms with E-state index < -0.39 is 5.97 Å². The number of nitrogens with two attached hydrogens (primary N) is 2. The van der Waals surface area contributed by atoms with Crippen molar-refractivity contribution in [3.63, 3.8) is 0 Å². The molecule has 1 aromatic rings. The van der Waals surface area contributed by atoms with Gasteiger partial charge < -0.3 is 16.6 Å². The Morgan fingerprint density at radius 1 is 1.53 bits per heavy atom. The molecular weight excluding hydrogens is 196 g/mol. The normalized spacial score (nSPS) is 8.60. The molecule has 0 radical (unpaired) electrons. The number of carbonyl (C=O) groups is 1. The molecule has 0 saturated heterocycles. The van der Waals surface area contributed by atoms with Crippen LogP contribution in [0.1, 0.15) is 23.0 Å². The van der Waals surface area contributed by atoms with Gasteiger partial charge in [0.2, 0.25) is 0 Å². The molecule has 0 saturated carbocycles. The lowest BCUT2D eigenvalue weighted by Crippen LogP contribution is -2.20. The fourth-order valence-corrected chi connectivity index (χ4v) is 0.760. The molecule has 1 rings (SSSR count). The second kappa shape index (κ2) is 6.36. The van der Waals surface area contributed by atoms with Gasteiger partial charge in [0.1, 0.15) is 5.69 Å². The molecule has 1 heterocycles. The van der Waals surface area contributed by atoms with Crippen molar-refractivity contribution in [3.05, 3.63) is 29.6 Å². The first-order valence-corrected chi connectivity index (χ1v) is 4.25. The summed E-state index contributed by atoms with van der Waals surface area (Å²) < 4.78 is 0. The van der Waals surface area contributed by atoms with Crippen molar-refractivity contribution in [2.45, 2.75) is 13.3 Å². The summed E-state index contributed by atoms with van der Waals surface area (Å²) in [4.78, 5) is 14.1. The molecule has 82 valence electrons. The third-order valence-corrected chi connectivity index (χ3v) is 1.45. The van der Waals surface area contributed by atoms with Crippen molar-refractivity contribution in [2.24, 2.45) is 11.5 Å². The molecule has 0 aliphatic carbocycles. The fraction of sp³-hybridized carbons (Fsp3) is 0.222. The van der Waals surface area contributed by atoms with Crippen LogP contribution in [0.25, 0.3) is 0 Å². The van der Waals surface area contributed by atoms with E-state index >= 15 is 0 Å². The summed E-state index contributed by atoms with van der Waals surface area (Å²) in [6.45, 7) is 2.00. The maximum absolute atomic E-state index is 10.3. The monoisotopic (exact) mass is 210 g/mol. The van der Waals surface area contributed by atoms with Crippen molar-refractivity contribution in [3.8, 4) is 0 Å². The van der Waals surface area contributed by atoms with Gasteiger partial charge in [0.05, 0.1) is 0 Å². The lowest BCUT2D eigenvalue weighted by molar-refractivity contribution is 0.0690. The van der Waals surface area contributed by atoms with Crippen LogP contribution in [0.5, 0.6) is 0 Å². The summed E-state index contributed by atoms with van der Waals surface area (Å²) in [5.74, 6) is -1.31. The first-order chi connectivity index (χ1) is 6.97. The highest BCUT2D eigenvalue weighted by Crippen LogP contribution is 2.00. The van der Waals surface area contributed by atoms with Crippen LogP contribution >= 0.6 is 0 Å². The Morgan fingerprint density at radius 3 is 2.33 bits per heavy atom. The molecular formula is C9H14N4O2. The minimum absolute atomic E-state index is 0.0993. The predicted molar refractivity (Wildman–Crippen MR) is 56.7 cm³/mol. The van der Waals surface area contributed by atoms with Crippen molar-refractivity contribution in [1.29, 1.82) is 5.41 Å². The topological polar surface area (TPSA) is 126 Å². The number of guanidine groups is 1. The van der Waals surface area contributed by atoms with E-state index in [1.807, 2.05) is 6.92 Å². The van der Waals surface area contributed by atoms with E-state index in [2.05, 4.69) is 16.5 Å². The zero-order valence-electron chi connectivity index (χ0n) is 8.40. The zero-order valence-corrected chi connectivity index (χ0v) is 8.40. The third kappa shape index (κ3) is 6.03. The van der Waals surface area contributed by atoms with E-state index in [1.165, 1.54) is 6.07 Å². The van der Waals surface area contributed by atoms with Gasteiger partial charge in [-0.05, 0) is 18.1 Å². The Kier molecular flexibility index (Phi) is 5.47. The average Bonchev–Trinajstić information content (AvgIpc) is 2.17. The summed E-state index contributed by atoms with van der Waals surface area (Å²) >= 11 is 0. The quantitative estimate of drug-likeness (QED) is 0.409. The zero-order chi connectivity index (χ0) is 11.8. The molecule has 0 aromatic carbocycles. The largest absolute Gasteiger partial charge is 0.477 e. The molecule has 0 spiro atoms. The molecule has 0 aliphatic heterocycles. The Hall–Kier alpha value is -2.11. The van der Waals surface area contributed by atoms with Gasteiger partial charge in [-0.3, -0.25) is 5.41 Å². The minimum atomic E-state index is -0.979. The predicted octanol–water partition coefficient (Wildman–Crippen LogP) is 0.181. The van der Waals surface area contributed by atoms with E-state index in [1.54, 1.807) is 12.3 Å². The summed E-state index contributed by atoms with van der Waals surface area (Å²) in [5.41, 5.74) is 10.1. The van der Waals surface area contributed by atoms with Crippen LogP contribution in [0.4, 0.5) is 0 Å². The first-order valence-electron chi connectivity index (χ1n) is 4.25. The third-order valence-electron chi connectivity index (χ3n) is 1.45. The fourth-order valence-electron chi connectivity index (χ4n) is 0.760. The molecule has 0 unspecified atom stereocenters. The van der Waals surface area contributed by atoms with Crippen molar-refractivity contribution in [1.82, 2.24) is 4.98 Å². The lowest BCUT2D eigenvalue weighted by atomic mass is 10.2. The highest BCUT2D eigenvalue weighted by atomic mass is 16.4. The number of pyridine rings is 1. The van der Waals surface area contributed by atoms with Gasteiger partial charge in [-0.2, -0.15) is 0 Å². The van der Waals surface area contributed by atoms with E-state index in [4.69, 9.17) is 10.5 Å². The molecule has 6 heteroatoms. The Morgan fingerprint density at radius 2 is 2.07 bits per heavy atom. The maximum Gasteiger partial charge on any atom is 0.354 e. The Labute approximate surface area is 87.4 Å². The molecule has 0 aliphatic rings. The summed E-state index contributed by atoms with van der Waals surface area (Å²) in [6, 6.07) is 3.29. The number of aromatic nitrogens is 1. The smallest absolute Gasteiger partial charge is 0.354 e. The highest BCUT2D eigenvalue weighted by molar-refractivity contribution is 5.85. The number of hydrogen-bond donors (Lipinski definition) is 4. The van der Waals surface area contributed by atoms with Crippen LogP contribution in [0, 0.1) is 5.41 Å². The van der Waals surface area contributed by atoms with E-state index in [0.29, 0.717) is 0 Å². The molecule has 6 N–H and O–H groups in total. The molecule has 6 nitrogen and oxygen atoms in total. The van der Waals surface area contributed by atoms with Gasteiger partial charge >= 0.3 is 5.97 Å². The summed E-state index contributed by atoms with van der Waals surface area (Å²) in [7, 11) is 0.